The molecule has 0 saturated heterocycles. The van der Waals surface area contributed by atoms with Gasteiger partial charge in [0.1, 0.15) is 11.5 Å². The van der Waals surface area contributed by atoms with E-state index in [2.05, 4.69) is 0 Å². The fraction of sp³-hybridized carbons (Fsp3) is 0.250. The van der Waals surface area contributed by atoms with Gasteiger partial charge in [0.2, 0.25) is 0 Å². The minimum absolute atomic E-state index is 0.0535. The van der Waals surface area contributed by atoms with Crippen molar-refractivity contribution >= 4 is 23.3 Å². The first kappa shape index (κ1) is 22.8. The number of hydrogen-bond acceptors (Lipinski definition) is 8. The number of methoxy groups -OCH3 is 2. The summed E-state index contributed by atoms with van der Waals surface area (Å²) in [5, 5.41) is 49.7. The summed E-state index contributed by atoms with van der Waals surface area (Å²) in [6.07, 6.45) is 1.10. The molecule has 10 nitrogen and oxygen atoms in total. The number of aliphatic carboxylic acids is 1. The van der Waals surface area contributed by atoms with Gasteiger partial charge < -0.3 is 29.9 Å². The lowest BCUT2D eigenvalue weighted by Gasteiger charge is -2.14. The topological polar surface area (TPSA) is 160 Å². The number of aliphatic hydroxyl groups is 3. The van der Waals surface area contributed by atoms with Crippen LogP contribution in [0.3, 0.4) is 0 Å². The van der Waals surface area contributed by atoms with Crippen LogP contribution in [0.2, 0.25) is 0 Å². The average Bonchev–Trinajstić information content (AvgIpc) is 2.75. The molecule has 0 amide bonds. The Morgan fingerprint density at radius 3 is 2.10 bits per heavy atom. The smallest absolute Gasteiger partial charge is 0.336 e. The molecular weight excluding hydrogens is 398 g/mol. The van der Waals surface area contributed by atoms with Crippen LogP contribution >= 0.6 is 0 Å². The Kier molecular flexibility index (Phi) is 7.48. The van der Waals surface area contributed by atoms with Crippen LogP contribution in [0, 0.1) is 10.1 Å². The Hall–Kier alpha value is -3.47. The number of nitrogens with zero attached hydrogens (tertiary/aromatic N) is 1. The highest BCUT2D eigenvalue weighted by Gasteiger charge is 2.21. The lowest BCUT2D eigenvalue weighted by molar-refractivity contribution is -0.385. The maximum Gasteiger partial charge on any atom is 0.336 e. The van der Waals surface area contributed by atoms with Crippen molar-refractivity contribution in [3.63, 3.8) is 0 Å². The third-order valence-corrected chi connectivity index (χ3v) is 4.49. The van der Waals surface area contributed by atoms with E-state index in [4.69, 9.17) is 9.47 Å². The van der Waals surface area contributed by atoms with Gasteiger partial charge in [0.15, 0.2) is 0 Å². The molecular formula is C20H21NO9. The summed E-state index contributed by atoms with van der Waals surface area (Å²) >= 11 is 0. The first-order chi connectivity index (χ1) is 14.3. The summed E-state index contributed by atoms with van der Waals surface area (Å²) in [4.78, 5) is 22.7. The third kappa shape index (κ3) is 4.57. The van der Waals surface area contributed by atoms with E-state index >= 15 is 0 Å². The summed E-state index contributed by atoms with van der Waals surface area (Å²) in [6, 6.07) is 5.09. The summed E-state index contributed by atoms with van der Waals surface area (Å²) in [5.74, 6) is -1.06. The van der Waals surface area contributed by atoms with Crippen LogP contribution in [0.4, 0.5) is 5.69 Å². The van der Waals surface area contributed by atoms with Crippen molar-refractivity contribution in [2.75, 3.05) is 14.2 Å². The van der Waals surface area contributed by atoms with Gasteiger partial charge in [-0.1, -0.05) is 0 Å². The quantitative estimate of drug-likeness (QED) is 0.205. The minimum Gasteiger partial charge on any atom is -0.496 e. The minimum atomic E-state index is -1.38. The third-order valence-electron chi connectivity index (χ3n) is 4.49. The van der Waals surface area contributed by atoms with Crippen molar-refractivity contribution in [1.82, 2.24) is 0 Å². The van der Waals surface area contributed by atoms with Gasteiger partial charge in [0, 0.05) is 17.2 Å². The van der Waals surface area contributed by atoms with Gasteiger partial charge in [-0.05, 0) is 35.4 Å². The van der Waals surface area contributed by atoms with Gasteiger partial charge in [-0.25, -0.2) is 4.79 Å². The van der Waals surface area contributed by atoms with Crippen LogP contribution in [0.1, 0.15) is 27.8 Å². The standard InChI is InChI=1S/C20H21NO9/c1-29-18-7-12(17(21(27)28)5-14(18)9-23)4-15(20(25)26)11-3-13(8-22)16(10-24)19(6-11)30-2/h3-7,22-24H,8-10H2,1-2H3,(H,25,26)/b15-4+. The fourth-order valence-corrected chi connectivity index (χ4v) is 3.00. The first-order valence-corrected chi connectivity index (χ1v) is 8.64. The Morgan fingerprint density at radius 2 is 1.63 bits per heavy atom. The molecule has 160 valence electrons. The van der Waals surface area contributed by atoms with Crippen LogP contribution in [0.15, 0.2) is 24.3 Å². The SMILES string of the molecule is COc1cc(/C=C(/C(=O)O)c2cc(CO)c(CO)c(OC)c2)c([N+](=O)[O-])cc1CO. The number of aliphatic hydroxyl groups excluding tert-OH is 3. The molecule has 2 aromatic rings. The molecule has 0 aliphatic heterocycles. The number of ether oxygens (including phenoxy) is 2. The van der Waals surface area contributed by atoms with Crippen LogP contribution in [0.25, 0.3) is 11.6 Å². The molecule has 10 heteroatoms. The van der Waals surface area contributed by atoms with Gasteiger partial charge in [-0.2, -0.15) is 0 Å². The normalized spacial score (nSPS) is 11.3. The van der Waals surface area contributed by atoms with E-state index in [0.29, 0.717) is 5.56 Å². The molecule has 0 aliphatic rings. The lowest BCUT2D eigenvalue weighted by atomic mass is 9.96. The molecule has 0 aromatic heterocycles. The van der Waals surface area contributed by atoms with Crippen LogP contribution < -0.4 is 9.47 Å². The molecule has 2 rings (SSSR count). The van der Waals surface area contributed by atoms with Crippen molar-refractivity contribution in [1.29, 1.82) is 0 Å². The molecule has 0 radical (unpaired) electrons. The Labute approximate surface area is 171 Å². The summed E-state index contributed by atoms with van der Waals surface area (Å²) < 4.78 is 10.3. The zero-order valence-electron chi connectivity index (χ0n) is 16.3. The predicted octanol–water partition coefficient (Wildman–Crippen LogP) is 1.71. The Balaban J connectivity index is 2.79. The van der Waals surface area contributed by atoms with Crippen LogP contribution in [-0.2, 0) is 24.6 Å². The molecule has 0 atom stereocenters. The molecule has 0 unspecified atom stereocenters. The average molecular weight is 419 g/mol. The fourth-order valence-electron chi connectivity index (χ4n) is 3.00. The highest BCUT2D eigenvalue weighted by Crippen LogP contribution is 2.34. The Bertz CT molecular complexity index is 973. The second-order valence-corrected chi connectivity index (χ2v) is 6.13. The number of carboxylic acids is 1. The van der Waals surface area contributed by atoms with Crippen LogP contribution in [0.5, 0.6) is 11.5 Å². The maximum atomic E-state index is 12.0. The number of nitro benzene ring substituents is 1. The second-order valence-electron chi connectivity index (χ2n) is 6.13. The molecule has 4 N–H and O–H groups in total. The number of carboxylic acid groups (broad SMARTS) is 1. The van der Waals surface area contributed by atoms with Gasteiger partial charge >= 0.3 is 5.97 Å². The van der Waals surface area contributed by atoms with Gasteiger partial charge in [0.25, 0.3) is 5.69 Å². The van der Waals surface area contributed by atoms with Gasteiger partial charge in [-0.15, -0.1) is 0 Å². The molecule has 0 saturated carbocycles. The largest absolute Gasteiger partial charge is 0.496 e. The molecule has 0 fully saturated rings. The molecule has 0 aliphatic carbocycles. The number of carbonyl (C=O) groups is 1. The number of rotatable bonds is 9. The van der Waals surface area contributed by atoms with Gasteiger partial charge in [0.05, 0.1) is 50.1 Å². The highest BCUT2D eigenvalue weighted by atomic mass is 16.6. The van der Waals surface area contributed by atoms with E-state index in [1.807, 2.05) is 0 Å². The second kappa shape index (κ2) is 9.83. The Morgan fingerprint density at radius 1 is 1.00 bits per heavy atom. The zero-order valence-corrected chi connectivity index (χ0v) is 16.3. The number of nitro groups is 1. The first-order valence-electron chi connectivity index (χ1n) is 8.64. The highest BCUT2D eigenvalue weighted by molar-refractivity contribution is 6.21. The lowest BCUT2D eigenvalue weighted by Crippen LogP contribution is -2.05. The maximum absolute atomic E-state index is 12.0. The number of hydrogen-bond donors (Lipinski definition) is 4. The van der Waals surface area contributed by atoms with E-state index in [1.54, 1.807) is 0 Å². The van der Waals surface area contributed by atoms with E-state index in [-0.39, 0.29) is 39.3 Å². The van der Waals surface area contributed by atoms with Gasteiger partial charge in [-0.3, -0.25) is 10.1 Å². The van der Waals surface area contributed by atoms with Crippen LogP contribution in [-0.4, -0.2) is 45.5 Å². The van der Waals surface area contributed by atoms with Crippen molar-refractivity contribution in [3.8, 4) is 11.5 Å². The summed E-state index contributed by atoms with van der Waals surface area (Å²) in [7, 11) is 2.64. The van der Waals surface area contributed by atoms with Crippen molar-refractivity contribution in [2.45, 2.75) is 19.8 Å². The summed E-state index contributed by atoms with van der Waals surface area (Å²) in [6.45, 7) is -1.41. The van der Waals surface area contributed by atoms with E-state index in [0.717, 1.165) is 12.1 Å². The van der Waals surface area contributed by atoms with E-state index in [1.165, 1.54) is 32.4 Å². The molecule has 0 bridgehead atoms. The number of benzene rings is 2. The molecule has 0 heterocycles. The van der Waals surface area contributed by atoms with Crippen molar-refractivity contribution in [3.05, 3.63) is 62.2 Å². The molecule has 2 aromatic carbocycles. The molecule has 0 spiro atoms. The predicted molar refractivity (Wildman–Crippen MR) is 106 cm³/mol. The van der Waals surface area contributed by atoms with E-state index < -0.39 is 36.4 Å². The molecule has 30 heavy (non-hydrogen) atoms. The zero-order chi connectivity index (χ0) is 22.4. The monoisotopic (exact) mass is 419 g/mol. The summed E-state index contributed by atoms with van der Waals surface area (Å²) in [5.41, 5.74) is 0.0570. The van der Waals surface area contributed by atoms with Crippen molar-refractivity contribution in [2.24, 2.45) is 0 Å². The van der Waals surface area contributed by atoms with E-state index in [9.17, 15) is 35.3 Å². The van der Waals surface area contributed by atoms with Crippen molar-refractivity contribution < 1.29 is 39.6 Å².